The molecule has 9 heteroatoms. The molecule has 1 N–H and O–H groups in total. The van der Waals surface area contributed by atoms with Crippen molar-refractivity contribution >= 4 is 15.8 Å². The maximum atomic E-state index is 13.3. The van der Waals surface area contributed by atoms with Gasteiger partial charge in [-0.1, -0.05) is 0 Å². The van der Waals surface area contributed by atoms with Gasteiger partial charge in [0.2, 0.25) is 10.0 Å². The first kappa shape index (κ1) is 22.0. The standard InChI is InChI=1S/C22H31N5O3S/c1-15-12-17(7-8-20(15)30-4)31(28,29)27-10-5-6-16(13-27)21-24-19-9-11-26(3)14-18(19)22(23-2)25-21/h7-8,12,16H,5-6,9-11,13-14H2,1-4H3,(H,23,24,25)/t16-/m0/s1. The fourth-order valence-corrected chi connectivity index (χ4v) is 6.10. The normalized spacial score (nSPS) is 20.3. The van der Waals surface area contributed by atoms with E-state index in [0.717, 1.165) is 60.8 Å². The number of hydrogen-bond donors (Lipinski definition) is 1. The number of nitrogens with one attached hydrogen (secondary N) is 1. The molecule has 1 fully saturated rings. The van der Waals surface area contributed by atoms with Crippen LogP contribution in [0.2, 0.25) is 0 Å². The molecular weight excluding hydrogens is 414 g/mol. The molecule has 0 unspecified atom stereocenters. The van der Waals surface area contributed by atoms with Crippen molar-refractivity contribution in [3.8, 4) is 5.75 Å². The number of methoxy groups -OCH3 is 1. The summed E-state index contributed by atoms with van der Waals surface area (Å²) in [4.78, 5) is 12.3. The van der Waals surface area contributed by atoms with E-state index < -0.39 is 10.0 Å². The van der Waals surface area contributed by atoms with Gasteiger partial charge in [-0.2, -0.15) is 4.31 Å². The Balaban J connectivity index is 1.61. The minimum atomic E-state index is -3.59. The summed E-state index contributed by atoms with van der Waals surface area (Å²) in [6.07, 6.45) is 2.56. The Hall–Kier alpha value is -2.23. The number of likely N-dealkylation sites (N-methyl/N-ethyl adjacent to an activating group) is 1. The predicted octanol–water partition coefficient (Wildman–Crippen LogP) is 2.39. The molecule has 4 rings (SSSR count). The van der Waals surface area contributed by atoms with Gasteiger partial charge in [0.1, 0.15) is 17.4 Å². The Morgan fingerprint density at radius 1 is 1.23 bits per heavy atom. The van der Waals surface area contributed by atoms with Crippen LogP contribution in [0.15, 0.2) is 23.1 Å². The van der Waals surface area contributed by atoms with Crippen molar-refractivity contribution in [2.24, 2.45) is 0 Å². The minimum absolute atomic E-state index is 0.0140. The number of ether oxygens (including phenoxy) is 1. The molecule has 1 atom stereocenters. The molecule has 0 radical (unpaired) electrons. The third-order valence-corrected chi connectivity index (χ3v) is 8.12. The fraction of sp³-hybridized carbons (Fsp3) is 0.545. The van der Waals surface area contributed by atoms with Crippen molar-refractivity contribution in [2.75, 3.05) is 46.2 Å². The Labute approximate surface area is 184 Å². The number of hydrogen-bond acceptors (Lipinski definition) is 7. The van der Waals surface area contributed by atoms with E-state index in [9.17, 15) is 8.42 Å². The van der Waals surface area contributed by atoms with Gasteiger partial charge in [0.25, 0.3) is 0 Å². The predicted molar refractivity (Wildman–Crippen MR) is 120 cm³/mol. The zero-order chi connectivity index (χ0) is 22.2. The highest BCUT2D eigenvalue weighted by molar-refractivity contribution is 7.89. The Kier molecular flexibility index (Phi) is 6.18. The summed E-state index contributed by atoms with van der Waals surface area (Å²) in [7, 11) is 1.97. The number of anilines is 1. The molecule has 1 aromatic carbocycles. The molecule has 2 aliphatic rings. The largest absolute Gasteiger partial charge is 0.496 e. The lowest BCUT2D eigenvalue weighted by Gasteiger charge is -2.32. The maximum Gasteiger partial charge on any atom is 0.243 e. The van der Waals surface area contributed by atoms with Crippen LogP contribution in [0.25, 0.3) is 0 Å². The van der Waals surface area contributed by atoms with Crippen molar-refractivity contribution in [3.05, 3.63) is 40.8 Å². The van der Waals surface area contributed by atoms with Crippen LogP contribution in [0.3, 0.4) is 0 Å². The molecule has 168 valence electrons. The van der Waals surface area contributed by atoms with E-state index in [2.05, 4.69) is 17.3 Å². The highest BCUT2D eigenvalue weighted by Gasteiger charge is 2.33. The summed E-state index contributed by atoms with van der Waals surface area (Å²) >= 11 is 0. The van der Waals surface area contributed by atoms with Crippen molar-refractivity contribution in [1.29, 1.82) is 0 Å². The van der Waals surface area contributed by atoms with E-state index >= 15 is 0 Å². The smallest absolute Gasteiger partial charge is 0.243 e. The Bertz CT molecular complexity index is 1060. The summed E-state index contributed by atoms with van der Waals surface area (Å²) < 4.78 is 33.5. The second-order valence-electron chi connectivity index (χ2n) is 8.43. The van der Waals surface area contributed by atoms with E-state index in [0.29, 0.717) is 23.7 Å². The van der Waals surface area contributed by atoms with Gasteiger partial charge < -0.3 is 15.0 Å². The van der Waals surface area contributed by atoms with Gasteiger partial charge in [0.15, 0.2) is 0 Å². The van der Waals surface area contributed by atoms with Crippen LogP contribution in [-0.4, -0.2) is 68.4 Å². The number of nitrogens with zero attached hydrogens (tertiary/aromatic N) is 4. The molecule has 2 aromatic rings. The summed E-state index contributed by atoms with van der Waals surface area (Å²) in [6, 6.07) is 5.02. The molecule has 0 bridgehead atoms. The average molecular weight is 446 g/mol. The van der Waals surface area contributed by atoms with Gasteiger partial charge in [-0.25, -0.2) is 18.4 Å². The molecule has 0 aliphatic carbocycles. The van der Waals surface area contributed by atoms with Crippen molar-refractivity contribution in [1.82, 2.24) is 19.2 Å². The monoisotopic (exact) mass is 445 g/mol. The van der Waals surface area contributed by atoms with Gasteiger partial charge in [0.05, 0.1) is 17.7 Å². The highest BCUT2D eigenvalue weighted by atomic mass is 32.2. The zero-order valence-corrected chi connectivity index (χ0v) is 19.5. The molecule has 0 spiro atoms. The number of sulfonamides is 1. The second kappa shape index (κ2) is 8.72. The molecule has 2 aliphatic heterocycles. The zero-order valence-electron chi connectivity index (χ0n) is 18.7. The summed E-state index contributed by atoms with van der Waals surface area (Å²) in [5.74, 6) is 2.28. The first-order valence-corrected chi connectivity index (χ1v) is 12.2. The highest BCUT2D eigenvalue weighted by Crippen LogP contribution is 2.32. The molecule has 3 heterocycles. The van der Waals surface area contributed by atoms with E-state index in [1.54, 1.807) is 29.6 Å². The number of aromatic nitrogens is 2. The van der Waals surface area contributed by atoms with E-state index in [1.807, 2.05) is 14.0 Å². The first-order chi connectivity index (χ1) is 14.8. The molecule has 8 nitrogen and oxygen atoms in total. The van der Waals surface area contributed by atoms with Crippen molar-refractivity contribution in [3.63, 3.8) is 0 Å². The summed E-state index contributed by atoms with van der Waals surface area (Å²) in [6.45, 7) is 4.56. The van der Waals surface area contributed by atoms with Crippen LogP contribution in [0.4, 0.5) is 5.82 Å². The minimum Gasteiger partial charge on any atom is -0.496 e. The number of fused-ring (bicyclic) bond motifs is 1. The van der Waals surface area contributed by atoms with Crippen molar-refractivity contribution < 1.29 is 13.2 Å². The van der Waals surface area contributed by atoms with Gasteiger partial charge >= 0.3 is 0 Å². The fourth-order valence-electron chi connectivity index (χ4n) is 4.49. The van der Waals surface area contributed by atoms with Crippen LogP contribution in [0.1, 0.15) is 41.4 Å². The van der Waals surface area contributed by atoms with Crippen LogP contribution in [0, 0.1) is 6.92 Å². The molecule has 1 aromatic heterocycles. The Morgan fingerprint density at radius 2 is 2.03 bits per heavy atom. The van der Waals surface area contributed by atoms with E-state index in [1.165, 1.54) is 0 Å². The summed E-state index contributed by atoms with van der Waals surface area (Å²) in [5.41, 5.74) is 3.03. The Morgan fingerprint density at radius 3 is 2.74 bits per heavy atom. The molecule has 0 saturated carbocycles. The third-order valence-electron chi connectivity index (χ3n) is 6.26. The number of piperidine rings is 1. The van der Waals surface area contributed by atoms with Gasteiger partial charge in [0, 0.05) is 51.1 Å². The molecular formula is C22H31N5O3S. The second-order valence-corrected chi connectivity index (χ2v) is 10.4. The van der Waals surface area contributed by atoms with Crippen LogP contribution < -0.4 is 10.1 Å². The van der Waals surface area contributed by atoms with Gasteiger partial charge in [-0.15, -0.1) is 0 Å². The third kappa shape index (κ3) is 4.26. The lowest BCUT2D eigenvalue weighted by Crippen LogP contribution is -2.39. The lowest BCUT2D eigenvalue weighted by atomic mass is 9.97. The van der Waals surface area contributed by atoms with Crippen LogP contribution in [0.5, 0.6) is 5.75 Å². The molecule has 1 saturated heterocycles. The number of aryl methyl sites for hydroxylation is 1. The van der Waals surface area contributed by atoms with E-state index in [4.69, 9.17) is 14.7 Å². The average Bonchev–Trinajstić information content (AvgIpc) is 2.78. The number of rotatable bonds is 5. The lowest BCUT2D eigenvalue weighted by molar-refractivity contribution is 0.300. The van der Waals surface area contributed by atoms with E-state index in [-0.39, 0.29) is 5.92 Å². The van der Waals surface area contributed by atoms with Crippen molar-refractivity contribution in [2.45, 2.75) is 43.5 Å². The van der Waals surface area contributed by atoms with Crippen LogP contribution in [-0.2, 0) is 23.0 Å². The maximum absolute atomic E-state index is 13.3. The van der Waals surface area contributed by atoms with Gasteiger partial charge in [-0.05, 0) is 50.6 Å². The van der Waals surface area contributed by atoms with Crippen LogP contribution >= 0.6 is 0 Å². The SMILES string of the molecule is CNc1nc([C@H]2CCCN(S(=O)(=O)c3ccc(OC)c(C)c3)C2)nc2c1CN(C)CC2. The quantitative estimate of drug-likeness (QED) is 0.756. The van der Waals surface area contributed by atoms with Gasteiger partial charge in [-0.3, -0.25) is 0 Å². The number of benzene rings is 1. The summed E-state index contributed by atoms with van der Waals surface area (Å²) in [5, 5.41) is 3.22. The molecule has 31 heavy (non-hydrogen) atoms. The first-order valence-electron chi connectivity index (χ1n) is 10.7. The molecule has 0 amide bonds. The topological polar surface area (TPSA) is 87.7 Å².